The van der Waals surface area contributed by atoms with Gasteiger partial charge in [0.1, 0.15) is 5.75 Å². The molecular weight excluding hydrogens is 326 g/mol. The highest BCUT2D eigenvalue weighted by atomic mass is 16.5. The van der Waals surface area contributed by atoms with Gasteiger partial charge < -0.3 is 15.0 Å². The third-order valence-electron chi connectivity index (χ3n) is 7.29. The number of amides is 2. The molecule has 5 heteroatoms. The molecular formula is C21H31N3O2. The maximum Gasteiger partial charge on any atom is 0.321 e. The molecule has 2 bridgehead atoms. The van der Waals surface area contributed by atoms with Gasteiger partial charge in [0.2, 0.25) is 0 Å². The van der Waals surface area contributed by atoms with Crippen molar-refractivity contribution in [2.24, 2.45) is 5.92 Å². The molecule has 4 rings (SSSR count). The predicted molar refractivity (Wildman–Crippen MR) is 104 cm³/mol. The Hall–Kier alpha value is -1.75. The topological polar surface area (TPSA) is 44.8 Å². The monoisotopic (exact) mass is 357 g/mol. The zero-order valence-corrected chi connectivity index (χ0v) is 16.5. The second-order valence-corrected chi connectivity index (χ2v) is 8.31. The van der Waals surface area contributed by atoms with Crippen molar-refractivity contribution in [3.8, 4) is 5.75 Å². The minimum absolute atomic E-state index is 0.120. The summed E-state index contributed by atoms with van der Waals surface area (Å²) in [6.45, 7) is 1.18. The lowest BCUT2D eigenvalue weighted by Crippen LogP contribution is -2.59. The number of ether oxygens (including phenoxy) is 1. The van der Waals surface area contributed by atoms with Crippen LogP contribution < -0.4 is 15.0 Å². The molecule has 1 saturated carbocycles. The Bertz CT molecular complexity index is 719. The quantitative estimate of drug-likeness (QED) is 0.884. The van der Waals surface area contributed by atoms with E-state index in [0.717, 1.165) is 23.8 Å². The number of piperidine rings is 1. The summed E-state index contributed by atoms with van der Waals surface area (Å²) in [6, 6.07) is 4.97. The number of carbonyl (C=O) groups is 1. The van der Waals surface area contributed by atoms with Gasteiger partial charge in [0.25, 0.3) is 0 Å². The number of likely N-dealkylation sites (N-methyl/N-ethyl adjacent to an activating group) is 1. The summed E-state index contributed by atoms with van der Waals surface area (Å²) >= 11 is 0. The van der Waals surface area contributed by atoms with Gasteiger partial charge in [0.05, 0.1) is 12.8 Å². The number of rotatable bonds is 2. The van der Waals surface area contributed by atoms with Gasteiger partial charge in [-0.25, -0.2) is 4.79 Å². The first kappa shape index (κ1) is 17.7. The number of hydrogen-bond donors (Lipinski definition) is 1. The lowest BCUT2D eigenvalue weighted by molar-refractivity contribution is 0.00276. The van der Waals surface area contributed by atoms with Crippen molar-refractivity contribution in [1.29, 1.82) is 0 Å². The summed E-state index contributed by atoms with van der Waals surface area (Å²) in [7, 11) is 7.46. The normalized spacial score (nSPS) is 30.2. The fraction of sp³-hybridized carbons (Fsp3) is 0.667. The van der Waals surface area contributed by atoms with Crippen LogP contribution in [0.3, 0.4) is 0 Å². The van der Waals surface area contributed by atoms with Gasteiger partial charge in [0, 0.05) is 25.6 Å². The van der Waals surface area contributed by atoms with Crippen LogP contribution in [-0.2, 0) is 11.8 Å². The minimum atomic E-state index is -0.120. The van der Waals surface area contributed by atoms with Crippen LogP contribution in [0.25, 0.3) is 0 Å². The van der Waals surface area contributed by atoms with E-state index in [1.54, 1.807) is 26.1 Å². The number of likely N-dealkylation sites (tertiary alicyclic amines) is 1. The molecule has 0 radical (unpaired) electrons. The van der Waals surface area contributed by atoms with E-state index >= 15 is 0 Å². The summed E-state index contributed by atoms with van der Waals surface area (Å²) in [5.41, 5.74) is 4.07. The summed E-state index contributed by atoms with van der Waals surface area (Å²) < 4.78 is 5.73. The molecule has 2 aliphatic carbocycles. The number of nitrogens with one attached hydrogen (secondary N) is 1. The molecule has 142 valence electrons. The number of nitrogens with zero attached hydrogens (tertiary/aromatic N) is 2. The Morgan fingerprint density at radius 1 is 1.35 bits per heavy atom. The molecule has 1 aliphatic heterocycles. The van der Waals surface area contributed by atoms with E-state index in [1.807, 2.05) is 0 Å². The fourth-order valence-corrected chi connectivity index (χ4v) is 5.93. The number of methoxy groups -OCH3 is 1. The predicted octanol–water partition coefficient (Wildman–Crippen LogP) is 3.16. The van der Waals surface area contributed by atoms with Gasteiger partial charge in [-0.05, 0) is 68.5 Å². The molecule has 3 atom stereocenters. The zero-order valence-electron chi connectivity index (χ0n) is 16.5. The second kappa shape index (κ2) is 6.45. The van der Waals surface area contributed by atoms with Crippen LogP contribution in [0.15, 0.2) is 12.1 Å². The summed E-state index contributed by atoms with van der Waals surface area (Å²) in [4.78, 5) is 16.4. The molecule has 1 aromatic rings. The van der Waals surface area contributed by atoms with Gasteiger partial charge >= 0.3 is 6.03 Å². The highest BCUT2D eigenvalue weighted by Gasteiger charge is 2.53. The first-order valence-corrected chi connectivity index (χ1v) is 9.89. The third-order valence-corrected chi connectivity index (χ3v) is 7.29. The van der Waals surface area contributed by atoms with E-state index in [9.17, 15) is 4.79 Å². The van der Waals surface area contributed by atoms with Crippen molar-refractivity contribution >= 4 is 11.7 Å². The number of benzene rings is 1. The first-order valence-electron chi connectivity index (χ1n) is 9.89. The average Bonchev–Trinajstić information content (AvgIpc) is 2.68. The first-order chi connectivity index (χ1) is 12.5. The lowest BCUT2D eigenvalue weighted by Gasteiger charge is -2.58. The van der Waals surface area contributed by atoms with Crippen LogP contribution in [0, 0.1) is 5.92 Å². The second-order valence-electron chi connectivity index (χ2n) is 8.31. The SMILES string of the molecule is CNC(=O)N(C)c1cc2c(cc1OC)[C@]13CCCCC1[C@H](C2)N(C)CC3. The molecule has 26 heavy (non-hydrogen) atoms. The Labute approximate surface area is 156 Å². The molecule has 3 aliphatic rings. The number of urea groups is 1. The van der Waals surface area contributed by atoms with Crippen molar-refractivity contribution in [2.75, 3.05) is 39.7 Å². The van der Waals surface area contributed by atoms with Crippen LogP contribution in [0.2, 0.25) is 0 Å². The van der Waals surface area contributed by atoms with E-state index in [0.29, 0.717) is 11.5 Å². The Balaban J connectivity index is 1.85. The Morgan fingerprint density at radius 2 is 2.15 bits per heavy atom. The van der Waals surface area contributed by atoms with E-state index in [4.69, 9.17) is 4.74 Å². The average molecular weight is 357 g/mol. The standard InChI is InChI=1S/C21H31N3O2/c1-22-20(25)24(3)18-12-14-11-17-15-7-5-6-8-21(15,9-10-23(17)2)16(14)13-19(18)26-4/h12-13,15,17H,5-11H2,1-4H3,(H,22,25)/t15?,17-,21-/m0/s1. The molecule has 1 heterocycles. The summed E-state index contributed by atoms with van der Waals surface area (Å²) in [5, 5.41) is 2.71. The van der Waals surface area contributed by atoms with E-state index in [-0.39, 0.29) is 6.03 Å². The van der Waals surface area contributed by atoms with Gasteiger partial charge in [-0.3, -0.25) is 4.90 Å². The fourth-order valence-electron chi connectivity index (χ4n) is 5.93. The maximum absolute atomic E-state index is 12.2. The van der Waals surface area contributed by atoms with Gasteiger partial charge in [-0.2, -0.15) is 0 Å². The molecule has 2 amide bonds. The maximum atomic E-state index is 12.2. The van der Waals surface area contributed by atoms with Crippen LogP contribution in [0.5, 0.6) is 5.75 Å². The van der Waals surface area contributed by atoms with Crippen molar-refractivity contribution < 1.29 is 9.53 Å². The van der Waals surface area contributed by atoms with Crippen molar-refractivity contribution in [2.45, 2.75) is 50.0 Å². The molecule has 5 nitrogen and oxygen atoms in total. The largest absolute Gasteiger partial charge is 0.495 e. The lowest BCUT2D eigenvalue weighted by atomic mass is 9.52. The van der Waals surface area contributed by atoms with Crippen molar-refractivity contribution in [1.82, 2.24) is 10.2 Å². The summed E-state index contributed by atoms with van der Waals surface area (Å²) in [6.07, 6.45) is 7.65. The molecule has 1 unspecified atom stereocenters. The molecule has 0 aromatic heterocycles. The number of hydrogen-bond acceptors (Lipinski definition) is 3. The minimum Gasteiger partial charge on any atom is -0.495 e. The van der Waals surface area contributed by atoms with Gasteiger partial charge in [-0.15, -0.1) is 0 Å². The zero-order chi connectivity index (χ0) is 18.5. The highest BCUT2D eigenvalue weighted by molar-refractivity contribution is 5.93. The molecule has 1 saturated heterocycles. The number of fused-ring (bicyclic) bond motifs is 1. The smallest absolute Gasteiger partial charge is 0.321 e. The molecule has 1 N–H and O–H groups in total. The highest BCUT2D eigenvalue weighted by Crippen LogP contribution is 2.56. The van der Waals surface area contributed by atoms with Crippen molar-refractivity contribution in [3.05, 3.63) is 23.3 Å². The third kappa shape index (κ3) is 2.43. The van der Waals surface area contributed by atoms with E-state index < -0.39 is 0 Å². The van der Waals surface area contributed by atoms with Gasteiger partial charge in [-0.1, -0.05) is 12.8 Å². The van der Waals surface area contributed by atoms with Crippen LogP contribution in [0.4, 0.5) is 10.5 Å². The van der Waals surface area contributed by atoms with E-state index in [1.165, 1.54) is 49.8 Å². The van der Waals surface area contributed by atoms with Crippen LogP contribution in [0.1, 0.15) is 43.2 Å². The molecule has 2 fully saturated rings. The number of anilines is 1. The van der Waals surface area contributed by atoms with Crippen LogP contribution in [-0.4, -0.2) is 51.8 Å². The molecule has 0 spiro atoms. The number of carbonyl (C=O) groups excluding carboxylic acids is 1. The van der Waals surface area contributed by atoms with Crippen LogP contribution >= 0.6 is 0 Å². The summed E-state index contributed by atoms with van der Waals surface area (Å²) in [5.74, 6) is 1.57. The van der Waals surface area contributed by atoms with Gasteiger partial charge in [0.15, 0.2) is 0 Å². The van der Waals surface area contributed by atoms with E-state index in [2.05, 4.69) is 29.4 Å². The Morgan fingerprint density at radius 3 is 2.88 bits per heavy atom. The van der Waals surface area contributed by atoms with Crippen molar-refractivity contribution in [3.63, 3.8) is 0 Å². The Kier molecular flexibility index (Phi) is 4.38. The molecule has 1 aromatic carbocycles.